The van der Waals surface area contributed by atoms with Crippen LogP contribution in [0.25, 0.3) is 0 Å². The molecule has 8 heteroatoms. The zero-order chi connectivity index (χ0) is 15.8. The fraction of sp³-hybridized carbons (Fsp3) is 0.600. The Kier molecular flexibility index (Phi) is 9.16. The summed E-state index contributed by atoms with van der Waals surface area (Å²) in [6, 6.07) is 3.61. The highest BCUT2D eigenvalue weighted by Crippen LogP contribution is 2.10. The lowest BCUT2D eigenvalue weighted by molar-refractivity contribution is -0.121. The molecule has 130 valence electrons. The van der Waals surface area contributed by atoms with E-state index in [2.05, 4.69) is 15.5 Å². The van der Waals surface area contributed by atoms with Crippen molar-refractivity contribution in [3.05, 3.63) is 22.4 Å². The molecule has 0 spiro atoms. The fourth-order valence-electron chi connectivity index (χ4n) is 2.40. The molecule has 1 aromatic rings. The lowest BCUT2D eigenvalue weighted by Crippen LogP contribution is -2.44. The van der Waals surface area contributed by atoms with Crippen LogP contribution in [0.4, 0.5) is 0 Å². The molecule has 0 aromatic carbocycles. The van der Waals surface area contributed by atoms with Gasteiger partial charge in [0.1, 0.15) is 0 Å². The van der Waals surface area contributed by atoms with Crippen LogP contribution in [0.15, 0.2) is 17.5 Å². The Morgan fingerprint density at radius 2 is 2.13 bits per heavy atom. The van der Waals surface area contributed by atoms with Crippen molar-refractivity contribution in [2.75, 3.05) is 52.9 Å². The van der Waals surface area contributed by atoms with Crippen molar-refractivity contribution in [2.24, 2.45) is 0 Å². The molecule has 1 saturated heterocycles. The van der Waals surface area contributed by atoms with Gasteiger partial charge in [-0.2, -0.15) is 0 Å². The number of carbonyl (C=O) groups excluding carboxylic acids is 2. The van der Waals surface area contributed by atoms with Gasteiger partial charge in [-0.25, -0.2) is 0 Å². The van der Waals surface area contributed by atoms with Gasteiger partial charge in [0.05, 0.1) is 11.4 Å². The molecule has 1 aromatic heterocycles. The highest BCUT2D eigenvalue weighted by molar-refractivity contribution is 7.12. The molecule has 2 heterocycles. The van der Waals surface area contributed by atoms with Crippen molar-refractivity contribution in [2.45, 2.75) is 6.42 Å². The number of nitrogens with one attached hydrogen (secondary N) is 2. The Labute approximate surface area is 147 Å². The molecule has 1 aliphatic heterocycles. The van der Waals surface area contributed by atoms with Crippen molar-refractivity contribution in [3.8, 4) is 0 Å². The van der Waals surface area contributed by atoms with Gasteiger partial charge in [0.2, 0.25) is 5.91 Å². The molecule has 23 heavy (non-hydrogen) atoms. The van der Waals surface area contributed by atoms with E-state index in [9.17, 15) is 9.59 Å². The van der Waals surface area contributed by atoms with Crippen molar-refractivity contribution in [1.82, 2.24) is 20.4 Å². The maximum Gasteiger partial charge on any atom is 0.264 e. The van der Waals surface area contributed by atoms with Crippen LogP contribution in [0, 0.1) is 0 Å². The first-order chi connectivity index (χ1) is 10.7. The number of carbonyl (C=O) groups is 2. The number of likely N-dealkylation sites (N-methyl/N-ethyl adjacent to an activating group) is 1. The summed E-state index contributed by atoms with van der Waals surface area (Å²) in [5, 5.41) is 8.06. The summed E-state index contributed by atoms with van der Waals surface area (Å²) in [4.78, 5) is 28.4. The summed E-state index contributed by atoms with van der Waals surface area (Å²) in [6.45, 7) is 6.00. The lowest BCUT2D eigenvalue weighted by Gasteiger charge is -2.27. The maximum atomic E-state index is 12.0. The molecule has 0 radical (unpaired) electrons. The smallest absolute Gasteiger partial charge is 0.264 e. The number of amides is 2. The average molecular weight is 361 g/mol. The van der Waals surface area contributed by atoms with E-state index in [1.165, 1.54) is 16.2 Å². The number of hydrogen-bond donors (Lipinski definition) is 2. The van der Waals surface area contributed by atoms with Crippen molar-refractivity contribution in [1.29, 1.82) is 0 Å². The van der Waals surface area contributed by atoms with Gasteiger partial charge >= 0.3 is 0 Å². The highest BCUT2D eigenvalue weighted by Gasteiger charge is 2.15. The van der Waals surface area contributed by atoms with Gasteiger partial charge in [0.25, 0.3) is 5.91 Å². The molecule has 1 aliphatic rings. The first-order valence-corrected chi connectivity index (χ1v) is 8.53. The number of thiophene rings is 1. The Bertz CT molecular complexity index is 478. The molecule has 6 nitrogen and oxygen atoms in total. The van der Waals surface area contributed by atoms with Crippen LogP contribution in [0.5, 0.6) is 0 Å². The lowest BCUT2D eigenvalue weighted by atomic mass is 10.3. The van der Waals surface area contributed by atoms with Crippen LogP contribution in [-0.4, -0.2) is 74.5 Å². The molecule has 0 unspecified atom stereocenters. The molecule has 0 saturated carbocycles. The molecule has 2 amide bonds. The summed E-state index contributed by atoms with van der Waals surface area (Å²) in [5.74, 6) is -0.210. The third-order valence-electron chi connectivity index (χ3n) is 3.64. The minimum Gasteiger partial charge on any atom is -0.355 e. The van der Waals surface area contributed by atoms with Gasteiger partial charge in [-0.3, -0.25) is 9.59 Å². The number of hydrogen-bond acceptors (Lipinski definition) is 5. The normalized spacial score (nSPS) is 14.8. The summed E-state index contributed by atoms with van der Waals surface area (Å²) in [5.41, 5.74) is 0. The van der Waals surface area contributed by atoms with E-state index in [-0.39, 0.29) is 30.8 Å². The van der Waals surface area contributed by atoms with Gasteiger partial charge in [-0.15, -0.1) is 23.7 Å². The largest absolute Gasteiger partial charge is 0.355 e. The second kappa shape index (κ2) is 10.6. The monoisotopic (exact) mass is 360 g/mol. The molecule has 2 N–H and O–H groups in total. The first-order valence-electron chi connectivity index (χ1n) is 7.65. The first kappa shape index (κ1) is 19.9. The van der Waals surface area contributed by atoms with Crippen molar-refractivity contribution < 1.29 is 9.59 Å². The van der Waals surface area contributed by atoms with Gasteiger partial charge in [-0.05, 0) is 24.4 Å². The van der Waals surface area contributed by atoms with Crippen LogP contribution in [-0.2, 0) is 4.79 Å². The summed E-state index contributed by atoms with van der Waals surface area (Å²) < 4.78 is 0. The Morgan fingerprint density at radius 3 is 2.78 bits per heavy atom. The van der Waals surface area contributed by atoms with E-state index < -0.39 is 0 Å². The fourth-order valence-corrected chi connectivity index (χ4v) is 3.11. The quantitative estimate of drug-likeness (QED) is 0.701. The van der Waals surface area contributed by atoms with Crippen LogP contribution >= 0.6 is 23.7 Å². The average Bonchev–Trinajstić information content (AvgIpc) is 3.06. The minimum absolute atomic E-state index is 0. The number of rotatable bonds is 7. The number of nitrogens with zero attached hydrogens (tertiary/aromatic N) is 2. The molecule has 0 bridgehead atoms. The molecular formula is C15H25ClN4O2S. The third kappa shape index (κ3) is 6.87. The van der Waals surface area contributed by atoms with Gasteiger partial charge in [0, 0.05) is 39.8 Å². The van der Waals surface area contributed by atoms with Gasteiger partial charge < -0.3 is 20.4 Å². The molecule has 0 aliphatic carbocycles. The highest BCUT2D eigenvalue weighted by atomic mass is 35.5. The predicted octanol–water partition coefficient (Wildman–Crippen LogP) is 0.653. The Morgan fingerprint density at radius 1 is 1.39 bits per heavy atom. The second-order valence-electron chi connectivity index (χ2n) is 5.43. The van der Waals surface area contributed by atoms with Gasteiger partial charge in [-0.1, -0.05) is 6.07 Å². The molecule has 2 rings (SSSR count). The van der Waals surface area contributed by atoms with E-state index >= 15 is 0 Å². The standard InChI is InChI=1S/C15H24N4O2S.ClH/c1-18(15(21)13-4-2-11-22-13)12-14(20)17-5-3-8-19-9-6-16-7-10-19;/h2,4,11,16H,3,5-10,12H2,1H3,(H,17,20);1H. The van der Waals surface area contributed by atoms with Crippen LogP contribution in [0.3, 0.4) is 0 Å². The van der Waals surface area contributed by atoms with E-state index in [1.807, 2.05) is 11.4 Å². The number of piperazine rings is 1. The Hall–Kier alpha value is -1.15. The van der Waals surface area contributed by atoms with Gasteiger partial charge in [0.15, 0.2) is 0 Å². The van der Waals surface area contributed by atoms with E-state index in [1.54, 1.807) is 13.1 Å². The zero-order valence-electron chi connectivity index (χ0n) is 13.4. The zero-order valence-corrected chi connectivity index (χ0v) is 15.0. The van der Waals surface area contributed by atoms with E-state index in [0.717, 1.165) is 39.1 Å². The SMILES string of the molecule is CN(CC(=O)NCCCN1CCNCC1)C(=O)c1cccs1.Cl. The minimum atomic E-state index is -0.106. The summed E-state index contributed by atoms with van der Waals surface area (Å²) in [7, 11) is 1.66. The van der Waals surface area contributed by atoms with Crippen LogP contribution < -0.4 is 10.6 Å². The van der Waals surface area contributed by atoms with E-state index in [4.69, 9.17) is 0 Å². The maximum absolute atomic E-state index is 12.0. The van der Waals surface area contributed by atoms with Crippen LogP contribution in [0.1, 0.15) is 16.1 Å². The second-order valence-corrected chi connectivity index (χ2v) is 6.38. The van der Waals surface area contributed by atoms with E-state index in [0.29, 0.717) is 11.4 Å². The van der Waals surface area contributed by atoms with Crippen molar-refractivity contribution in [3.63, 3.8) is 0 Å². The summed E-state index contributed by atoms with van der Waals surface area (Å²) in [6.07, 6.45) is 0.939. The predicted molar refractivity (Wildman–Crippen MR) is 95.5 cm³/mol. The van der Waals surface area contributed by atoms with Crippen molar-refractivity contribution >= 4 is 35.6 Å². The molecule has 1 fully saturated rings. The molecular weight excluding hydrogens is 336 g/mol. The summed E-state index contributed by atoms with van der Waals surface area (Å²) >= 11 is 1.39. The Balaban J connectivity index is 0.00000264. The molecule has 0 atom stereocenters. The number of halogens is 1. The van der Waals surface area contributed by atoms with Crippen LogP contribution in [0.2, 0.25) is 0 Å². The topological polar surface area (TPSA) is 64.7 Å². The third-order valence-corrected chi connectivity index (χ3v) is 4.50.